The van der Waals surface area contributed by atoms with Crippen molar-refractivity contribution in [2.75, 3.05) is 13.2 Å². The molecule has 0 saturated carbocycles. The summed E-state index contributed by atoms with van der Waals surface area (Å²) < 4.78 is 6.92. The molecule has 138 valence electrons. The molecular weight excluding hydrogens is 342 g/mol. The highest BCUT2D eigenvalue weighted by molar-refractivity contribution is 6.04. The number of aromatic nitrogens is 2. The van der Waals surface area contributed by atoms with Gasteiger partial charge in [-0.2, -0.15) is 5.10 Å². The van der Waals surface area contributed by atoms with Gasteiger partial charge in [0, 0.05) is 18.5 Å². The molecule has 2 heterocycles. The molecule has 1 N–H and O–H groups in total. The summed E-state index contributed by atoms with van der Waals surface area (Å²) in [4.78, 5) is 25.6. The van der Waals surface area contributed by atoms with Crippen molar-refractivity contribution >= 4 is 16.7 Å². The standard InChI is InChI=1S/C21H21N3O3/c25-20(22-13-16-9-6-12-27-16)19-17-10-4-5-11-18(17)21(26)24(23-19)14-15-7-2-1-3-8-15/h1-5,7-8,10-11,16H,6,9,12-14H2,(H,22,25). The Balaban J connectivity index is 1.69. The largest absolute Gasteiger partial charge is 0.376 e. The lowest BCUT2D eigenvalue weighted by atomic mass is 10.1. The molecule has 1 aliphatic heterocycles. The number of fused-ring (bicyclic) bond motifs is 1. The van der Waals surface area contributed by atoms with Gasteiger partial charge in [-0.05, 0) is 24.5 Å². The first-order valence-corrected chi connectivity index (χ1v) is 9.16. The van der Waals surface area contributed by atoms with E-state index in [1.807, 2.05) is 36.4 Å². The molecule has 4 rings (SSSR count). The van der Waals surface area contributed by atoms with E-state index in [0.717, 1.165) is 25.0 Å². The van der Waals surface area contributed by atoms with Crippen LogP contribution in [0.1, 0.15) is 28.9 Å². The van der Waals surface area contributed by atoms with E-state index in [1.54, 1.807) is 18.2 Å². The Labute approximate surface area is 156 Å². The zero-order valence-corrected chi connectivity index (χ0v) is 14.9. The summed E-state index contributed by atoms with van der Waals surface area (Å²) in [5, 5.41) is 8.35. The minimum atomic E-state index is -0.288. The van der Waals surface area contributed by atoms with Crippen LogP contribution < -0.4 is 10.9 Å². The minimum absolute atomic E-state index is 0.0513. The monoisotopic (exact) mass is 363 g/mol. The number of hydrogen-bond acceptors (Lipinski definition) is 4. The number of ether oxygens (including phenoxy) is 1. The van der Waals surface area contributed by atoms with Crippen molar-refractivity contribution in [1.29, 1.82) is 0 Å². The van der Waals surface area contributed by atoms with Crippen molar-refractivity contribution in [2.45, 2.75) is 25.5 Å². The summed E-state index contributed by atoms with van der Waals surface area (Å²) in [7, 11) is 0. The predicted octanol–water partition coefficient (Wildman–Crippen LogP) is 2.35. The van der Waals surface area contributed by atoms with Crippen LogP contribution in [0.2, 0.25) is 0 Å². The molecule has 1 atom stereocenters. The number of nitrogens with one attached hydrogen (secondary N) is 1. The van der Waals surface area contributed by atoms with E-state index in [9.17, 15) is 9.59 Å². The molecule has 1 amide bonds. The molecule has 6 nitrogen and oxygen atoms in total. The Bertz CT molecular complexity index is 1010. The highest BCUT2D eigenvalue weighted by atomic mass is 16.5. The highest BCUT2D eigenvalue weighted by Crippen LogP contribution is 2.15. The predicted molar refractivity (Wildman–Crippen MR) is 103 cm³/mol. The van der Waals surface area contributed by atoms with E-state index >= 15 is 0 Å². The van der Waals surface area contributed by atoms with Crippen molar-refractivity contribution < 1.29 is 9.53 Å². The third-order valence-electron chi connectivity index (χ3n) is 4.77. The van der Waals surface area contributed by atoms with Crippen molar-refractivity contribution in [1.82, 2.24) is 15.1 Å². The fourth-order valence-electron chi connectivity index (χ4n) is 3.36. The van der Waals surface area contributed by atoms with Gasteiger partial charge in [0.25, 0.3) is 11.5 Å². The topological polar surface area (TPSA) is 73.2 Å². The number of rotatable bonds is 5. The van der Waals surface area contributed by atoms with E-state index in [2.05, 4.69) is 10.4 Å². The Morgan fingerprint density at radius 3 is 2.59 bits per heavy atom. The number of hydrogen-bond donors (Lipinski definition) is 1. The minimum Gasteiger partial charge on any atom is -0.376 e. The summed E-state index contributed by atoms with van der Waals surface area (Å²) >= 11 is 0. The Morgan fingerprint density at radius 1 is 1.11 bits per heavy atom. The molecule has 3 aromatic rings. The van der Waals surface area contributed by atoms with Gasteiger partial charge in [0.05, 0.1) is 18.0 Å². The first-order chi connectivity index (χ1) is 13.2. The Hall–Kier alpha value is -2.99. The van der Waals surface area contributed by atoms with Crippen molar-refractivity contribution in [3.8, 4) is 0 Å². The number of nitrogens with zero attached hydrogens (tertiary/aromatic N) is 2. The van der Waals surface area contributed by atoms with Gasteiger partial charge in [0.15, 0.2) is 5.69 Å². The van der Waals surface area contributed by atoms with E-state index in [4.69, 9.17) is 4.74 Å². The van der Waals surface area contributed by atoms with Crippen LogP contribution in [0.15, 0.2) is 59.4 Å². The van der Waals surface area contributed by atoms with Crippen LogP contribution in [-0.4, -0.2) is 34.9 Å². The Kier molecular flexibility index (Phi) is 4.98. The average molecular weight is 363 g/mol. The molecule has 6 heteroatoms. The summed E-state index contributed by atoms with van der Waals surface area (Å²) in [6.45, 7) is 1.51. The van der Waals surface area contributed by atoms with Gasteiger partial charge in [0.1, 0.15) is 0 Å². The van der Waals surface area contributed by atoms with Gasteiger partial charge in [0.2, 0.25) is 0 Å². The van der Waals surface area contributed by atoms with Crippen molar-refractivity contribution in [3.05, 3.63) is 76.2 Å². The fourth-order valence-corrected chi connectivity index (χ4v) is 3.36. The summed E-state index contributed by atoms with van der Waals surface area (Å²) in [5.74, 6) is -0.288. The number of benzene rings is 2. The average Bonchev–Trinajstić information content (AvgIpc) is 3.23. The molecule has 0 spiro atoms. The van der Waals surface area contributed by atoms with Crippen LogP contribution in [0.25, 0.3) is 10.8 Å². The van der Waals surface area contributed by atoms with Gasteiger partial charge in [-0.25, -0.2) is 4.68 Å². The lowest BCUT2D eigenvalue weighted by Crippen LogP contribution is -2.34. The zero-order chi connectivity index (χ0) is 18.6. The van der Waals surface area contributed by atoms with E-state index in [-0.39, 0.29) is 23.3 Å². The summed E-state index contributed by atoms with van der Waals surface area (Å²) in [5.41, 5.74) is 1.01. The molecule has 1 unspecified atom stereocenters. The molecule has 1 aromatic heterocycles. The molecule has 1 aliphatic rings. The maximum absolute atomic E-state index is 12.8. The van der Waals surface area contributed by atoms with Crippen LogP contribution in [0.5, 0.6) is 0 Å². The van der Waals surface area contributed by atoms with Crippen LogP contribution >= 0.6 is 0 Å². The van der Waals surface area contributed by atoms with Gasteiger partial charge in [-0.3, -0.25) is 9.59 Å². The normalized spacial score (nSPS) is 16.5. The van der Waals surface area contributed by atoms with Crippen LogP contribution in [-0.2, 0) is 11.3 Å². The van der Waals surface area contributed by atoms with Gasteiger partial charge in [-0.1, -0.05) is 48.5 Å². The zero-order valence-electron chi connectivity index (χ0n) is 14.9. The fraction of sp³-hybridized carbons (Fsp3) is 0.286. The van der Waals surface area contributed by atoms with Gasteiger partial charge in [-0.15, -0.1) is 0 Å². The van der Waals surface area contributed by atoms with Crippen LogP contribution in [0.3, 0.4) is 0 Å². The second-order valence-corrected chi connectivity index (χ2v) is 6.69. The quantitative estimate of drug-likeness (QED) is 0.755. The number of amides is 1. The molecular formula is C21H21N3O3. The lowest BCUT2D eigenvalue weighted by Gasteiger charge is -2.13. The third-order valence-corrected chi connectivity index (χ3v) is 4.77. The molecule has 0 bridgehead atoms. The number of carbonyl (C=O) groups excluding carboxylic acids is 1. The lowest BCUT2D eigenvalue weighted by molar-refractivity contribution is 0.0853. The van der Waals surface area contributed by atoms with Gasteiger partial charge >= 0.3 is 0 Å². The second-order valence-electron chi connectivity index (χ2n) is 6.69. The maximum Gasteiger partial charge on any atom is 0.274 e. The van der Waals surface area contributed by atoms with Crippen LogP contribution in [0.4, 0.5) is 0 Å². The van der Waals surface area contributed by atoms with Crippen molar-refractivity contribution in [2.24, 2.45) is 0 Å². The SMILES string of the molecule is O=C(NCC1CCCO1)c1nn(Cc2ccccc2)c(=O)c2ccccc12. The first kappa shape index (κ1) is 17.4. The molecule has 2 aromatic carbocycles. The maximum atomic E-state index is 12.8. The molecule has 1 saturated heterocycles. The highest BCUT2D eigenvalue weighted by Gasteiger charge is 2.20. The molecule has 0 radical (unpaired) electrons. The smallest absolute Gasteiger partial charge is 0.274 e. The van der Waals surface area contributed by atoms with E-state index in [1.165, 1.54) is 4.68 Å². The molecule has 27 heavy (non-hydrogen) atoms. The van der Waals surface area contributed by atoms with E-state index < -0.39 is 0 Å². The first-order valence-electron chi connectivity index (χ1n) is 9.16. The summed E-state index contributed by atoms with van der Waals surface area (Å²) in [6.07, 6.45) is 2.02. The van der Waals surface area contributed by atoms with Crippen molar-refractivity contribution in [3.63, 3.8) is 0 Å². The summed E-state index contributed by atoms with van der Waals surface area (Å²) in [6, 6.07) is 16.7. The Morgan fingerprint density at radius 2 is 1.85 bits per heavy atom. The van der Waals surface area contributed by atoms with Gasteiger partial charge < -0.3 is 10.1 Å². The molecule has 1 fully saturated rings. The number of carbonyl (C=O) groups is 1. The second kappa shape index (κ2) is 7.72. The van der Waals surface area contributed by atoms with E-state index in [0.29, 0.717) is 23.9 Å². The molecule has 0 aliphatic carbocycles. The van der Waals surface area contributed by atoms with Crippen LogP contribution in [0, 0.1) is 0 Å². The third kappa shape index (κ3) is 3.75.